The van der Waals surface area contributed by atoms with Gasteiger partial charge in [-0.2, -0.15) is 0 Å². The predicted octanol–water partition coefficient (Wildman–Crippen LogP) is 4.40. The van der Waals surface area contributed by atoms with E-state index >= 15 is 0 Å². The van der Waals surface area contributed by atoms with Gasteiger partial charge >= 0.3 is 5.97 Å². The van der Waals surface area contributed by atoms with E-state index in [2.05, 4.69) is 0 Å². The van der Waals surface area contributed by atoms with Crippen molar-refractivity contribution in [3.05, 3.63) is 33.8 Å². The lowest BCUT2D eigenvalue weighted by Gasteiger charge is -2.22. The summed E-state index contributed by atoms with van der Waals surface area (Å²) in [7, 11) is 0. The van der Waals surface area contributed by atoms with Gasteiger partial charge in [-0.05, 0) is 25.5 Å². The highest BCUT2D eigenvalue weighted by Crippen LogP contribution is 2.33. The van der Waals surface area contributed by atoms with Gasteiger partial charge in [0, 0.05) is 15.6 Å². The van der Waals surface area contributed by atoms with E-state index in [1.165, 1.54) is 0 Å². The number of ether oxygens (including phenoxy) is 1. The van der Waals surface area contributed by atoms with Gasteiger partial charge in [-0.15, -0.1) is 0 Å². The zero-order valence-electron chi connectivity index (χ0n) is 11.7. The van der Waals surface area contributed by atoms with Crippen molar-refractivity contribution in [2.45, 2.75) is 39.2 Å². The molecule has 1 rings (SSSR count). The van der Waals surface area contributed by atoms with Gasteiger partial charge in [0.25, 0.3) is 0 Å². The molecule has 0 saturated heterocycles. The van der Waals surface area contributed by atoms with Crippen molar-refractivity contribution >= 4 is 29.2 Å². The molecule has 0 spiro atoms. The molecule has 20 heavy (non-hydrogen) atoms. The van der Waals surface area contributed by atoms with Crippen LogP contribution >= 0.6 is 23.2 Å². The van der Waals surface area contributed by atoms with Crippen molar-refractivity contribution in [1.29, 1.82) is 0 Å². The Balaban J connectivity index is 2.96. The maximum Gasteiger partial charge on any atom is 0.311 e. The molecule has 0 radical (unpaired) electrons. The first-order valence-corrected chi connectivity index (χ1v) is 7.56. The number of hydrogen-bond acceptors (Lipinski definition) is 3. The number of hydrogen-bond donors (Lipinski definition) is 1. The summed E-state index contributed by atoms with van der Waals surface area (Å²) in [6.45, 7) is 4.07. The maximum atomic E-state index is 12.0. The Labute approximate surface area is 129 Å². The lowest BCUT2D eigenvalue weighted by molar-refractivity contribution is -0.152. The smallest absolute Gasteiger partial charge is 0.311 e. The number of aliphatic hydroxyl groups is 1. The molecule has 0 bridgehead atoms. The van der Waals surface area contributed by atoms with Gasteiger partial charge in [-0.25, -0.2) is 0 Å². The van der Waals surface area contributed by atoms with Crippen molar-refractivity contribution < 1.29 is 14.6 Å². The van der Waals surface area contributed by atoms with Crippen LogP contribution in [0.1, 0.15) is 44.8 Å². The molecule has 1 N–H and O–H groups in total. The lowest BCUT2D eigenvalue weighted by Crippen LogP contribution is -2.25. The number of esters is 1. The quantitative estimate of drug-likeness (QED) is 0.758. The minimum atomic E-state index is -0.981. The van der Waals surface area contributed by atoms with E-state index in [1.807, 2.05) is 6.92 Å². The molecule has 0 aliphatic heterocycles. The summed E-state index contributed by atoms with van der Waals surface area (Å²) in [4.78, 5) is 12.0. The second kappa shape index (κ2) is 8.50. The molecule has 5 heteroatoms. The summed E-state index contributed by atoms with van der Waals surface area (Å²) in [6, 6.07) is 4.85. The summed E-state index contributed by atoms with van der Waals surface area (Å²) in [6.07, 6.45) is 1.36. The molecular formula is C15H20Cl2O3. The van der Waals surface area contributed by atoms with E-state index in [-0.39, 0.29) is 5.97 Å². The molecule has 0 fully saturated rings. The number of benzene rings is 1. The van der Waals surface area contributed by atoms with Gasteiger partial charge in [0.1, 0.15) is 0 Å². The van der Waals surface area contributed by atoms with Crippen molar-refractivity contribution in [2.75, 3.05) is 6.61 Å². The molecule has 0 heterocycles. The summed E-state index contributed by atoms with van der Waals surface area (Å²) in [5, 5.41) is 11.3. The fourth-order valence-electron chi connectivity index (χ4n) is 2.04. The minimum Gasteiger partial charge on any atom is -0.466 e. The zero-order chi connectivity index (χ0) is 15.1. The zero-order valence-corrected chi connectivity index (χ0v) is 13.2. The number of carbonyl (C=O) groups excluding carboxylic acids is 1. The Morgan fingerprint density at radius 1 is 1.35 bits per heavy atom. The Morgan fingerprint density at radius 3 is 2.60 bits per heavy atom. The molecule has 0 aliphatic rings. The largest absolute Gasteiger partial charge is 0.466 e. The normalized spacial score (nSPS) is 13.8. The highest BCUT2D eigenvalue weighted by atomic mass is 35.5. The number of halogens is 2. The van der Waals surface area contributed by atoms with Crippen LogP contribution in [0.25, 0.3) is 0 Å². The van der Waals surface area contributed by atoms with E-state index in [9.17, 15) is 9.90 Å². The molecule has 0 aromatic heterocycles. The summed E-state index contributed by atoms with van der Waals surface area (Å²) in [5.74, 6) is -0.993. The van der Waals surface area contributed by atoms with Crippen LogP contribution in [0.2, 0.25) is 10.0 Å². The van der Waals surface area contributed by atoms with Crippen LogP contribution in [0.15, 0.2) is 18.2 Å². The number of aliphatic hydroxyl groups excluding tert-OH is 1. The molecule has 112 valence electrons. The molecule has 1 aromatic carbocycles. The van der Waals surface area contributed by atoms with E-state index in [0.29, 0.717) is 28.6 Å². The average Bonchev–Trinajstić information content (AvgIpc) is 2.39. The van der Waals surface area contributed by atoms with Crippen molar-refractivity contribution in [3.8, 4) is 0 Å². The van der Waals surface area contributed by atoms with Gasteiger partial charge in [0.15, 0.2) is 0 Å². The van der Waals surface area contributed by atoms with Crippen molar-refractivity contribution in [2.24, 2.45) is 5.92 Å². The van der Waals surface area contributed by atoms with Gasteiger partial charge in [0.2, 0.25) is 0 Å². The Hall–Kier alpha value is -0.770. The maximum absolute atomic E-state index is 12.0. The van der Waals surface area contributed by atoms with Crippen molar-refractivity contribution in [3.63, 3.8) is 0 Å². The number of unbranched alkanes of at least 4 members (excludes halogenated alkanes) is 1. The summed E-state index contributed by atoms with van der Waals surface area (Å²) >= 11 is 11.9. The minimum absolute atomic E-state index is 0.294. The van der Waals surface area contributed by atoms with Crippen molar-refractivity contribution in [1.82, 2.24) is 0 Å². The molecule has 2 atom stereocenters. The standard InChI is InChI=1S/C15H20Cl2O3/c1-3-5-6-12(15(19)20-4-2)14(18)11-8-7-10(16)9-13(11)17/h7-9,12,14,18H,3-6H2,1-2H3/t12-,14?/m1/s1. The molecule has 0 amide bonds. The Morgan fingerprint density at radius 2 is 2.05 bits per heavy atom. The van der Waals surface area contributed by atoms with Gasteiger partial charge in [-0.1, -0.05) is 49.0 Å². The number of rotatable bonds is 7. The third kappa shape index (κ3) is 4.65. The van der Waals surface area contributed by atoms with Crippen LogP contribution in [0.4, 0.5) is 0 Å². The predicted molar refractivity (Wildman–Crippen MR) is 81.1 cm³/mol. The summed E-state index contributed by atoms with van der Waals surface area (Å²) in [5.41, 5.74) is 0.505. The Bertz CT molecular complexity index is 449. The van der Waals surface area contributed by atoms with E-state index in [0.717, 1.165) is 12.8 Å². The first-order valence-electron chi connectivity index (χ1n) is 6.80. The van der Waals surface area contributed by atoms with E-state index < -0.39 is 12.0 Å². The topological polar surface area (TPSA) is 46.5 Å². The molecule has 1 unspecified atom stereocenters. The number of carbonyl (C=O) groups is 1. The highest BCUT2D eigenvalue weighted by Gasteiger charge is 2.30. The Kier molecular flexibility index (Phi) is 7.35. The molecule has 1 aromatic rings. The van der Waals surface area contributed by atoms with E-state index in [4.69, 9.17) is 27.9 Å². The molecular weight excluding hydrogens is 299 g/mol. The SMILES string of the molecule is CCCC[C@@H](C(=O)OCC)C(O)c1ccc(Cl)cc1Cl. The fraction of sp³-hybridized carbons (Fsp3) is 0.533. The summed E-state index contributed by atoms with van der Waals surface area (Å²) < 4.78 is 5.04. The van der Waals surface area contributed by atoms with E-state index in [1.54, 1.807) is 25.1 Å². The third-order valence-electron chi connectivity index (χ3n) is 3.12. The van der Waals surface area contributed by atoms with Crippen LogP contribution in [0.5, 0.6) is 0 Å². The van der Waals surface area contributed by atoms with Crippen LogP contribution in [-0.4, -0.2) is 17.7 Å². The van der Waals surface area contributed by atoms with Gasteiger partial charge < -0.3 is 9.84 Å². The average molecular weight is 319 g/mol. The van der Waals surface area contributed by atoms with Crippen LogP contribution < -0.4 is 0 Å². The van der Waals surface area contributed by atoms with Crippen LogP contribution in [-0.2, 0) is 9.53 Å². The lowest BCUT2D eigenvalue weighted by atomic mass is 9.91. The molecule has 3 nitrogen and oxygen atoms in total. The third-order valence-corrected chi connectivity index (χ3v) is 3.68. The first kappa shape index (κ1) is 17.3. The molecule has 0 aliphatic carbocycles. The first-order chi connectivity index (χ1) is 9.51. The van der Waals surface area contributed by atoms with Gasteiger partial charge in [-0.3, -0.25) is 4.79 Å². The van der Waals surface area contributed by atoms with Crippen LogP contribution in [0, 0.1) is 5.92 Å². The second-order valence-electron chi connectivity index (χ2n) is 4.61. The van der Waals surface area contributed by atoms with Gasteiger partial charge in [0.05, 0.1) is 18.6 Å². The second-order valence-corrected chi connectivity index (χ2v) is 5.46. The monoisotopic (exact) mass is 318 g/mol. The highest BCUT2D eigenvalue weighted by molar-refractivity contribution is 6.35. The van der Waals surface area contributed by atoms with Crippen LogP contribution in [0.3, 0.4) is 0 Å². The molecule has 0 saturated carbocycles. The fourth-order valence-corrected chi connectivity index (χ4v) is 2.56.